The van der Waals surface area contributed by atoms with E-state index < -0.39 is 0 Å². The molecular formula is C12H9N3O2. The summed E-state index contributed by atoms with van der Waals surface area (Å²) in [4.78, 5) is 18.2. The van der Waals surface area contributed by atoms with E-state index in [1.807, 2.05) is 31.2 Å². The number of nitrogens with one attached hydrogen (secondary N) is 1. The lowest BCUT2D eigenvalue weighted by atomic mass is 10.0. The van der Waals surface area contributed by atoms with Crippen LogP contribution in [0, 0.1) is 6.92 Å². The summed E-state index contributed by atoms with van der Waals surface area (Å²) in [7, 11) is 0. The number of nitrogens with zero attached hydrogens (tertiary/aromatic N) is 2. The number of rotatable bonds is 1. The lowest BCUT2D eigenvalue weighted by Crippen LogP contribution is -2.05. The quantitative estimate of drug-likeness (QED) is 0.689. The van der Waals surface area contributed by atoms with Gasteiger partial charge in [0, 0.05) is 5.56 Å². The molecule has 0 atom stereocenters. The zero-order chi connectivity index (χ0) is 11.8. The van der Waals surface area contributed by atoms with Gasteiger partial charge in [-0.2, -0.15) is 0 Å². The monoisotopic (exact) mass is 227 g/mol. The van der Waals surface area contributed by atoms with Gasteiger partial charge in [-0.15, -0.1) is 0 Å². The topological polar surface area (TPSA) is 71.8 Å². The zero-order valence-electron chi connectivity index (χ0n) is 9.10. The van der Waals surface area contributed by atoms with Crippen molar-refractivity contribution >= 4 is 11.1 Å². The second-order valence-corrected chi connectivity index (χ2v) is 3.76. The molecule has 0 radical (unpaired) electrons. The SMILES string of the molecule is Cc1ccccc1-c1noc2nc[nH]c(=O)c12. The molecule has 0 spiro atoms. The van der Waals surface area contributed by atoms with Crippen LogP contribution in [0.3, 0.4) is 0 Å². The number of aromatic nitrogens is 3. The Balaban J connectivity index is 2.40. The third-order valence-corrected chi connectivity index (χ3v) is 2.68. The van der Waals surface area contributed by atoms with E-state index >= 15 is 0 Å². The van der Waals surface area contributed by atoms with Gasteiger partial charge < -0.3 is 9.51 Å². The standard InChI is InChI=1S/C12H9N3O2/c1-7-4-2-3-5-8(7)10-9-11(16)13-6-14-12(9)17-15-10/h2-6H,1H3,(H,13,14,16). The van der Waals surface area contributed by atoms with Crippen molar-refractivity contribution in [2.45, 2.75) is 6.92 Å². The highest BCUT2D eigenvalue weighted by Crippen LogP contribution is 2.26. The van der Waals surface area contributed by atoms with E-state index in [2.05, 4.69) is 15.1 Å². The van der Waals surface area contributed by atoms with Crippen LogP contribution in [-0.4, -0.2) is 15.1 Å². The molecule has 2 aromatic heterocycles. The average molecular weight is 227 g/mol. The van der Waals surface area contributed by atoms with E-state index in [1.54, 1.807) is 0 Å². The molecule has 1 aromatic carbocycles. The zero-order valence-corrected chi connectivity index (χ0v) is 9.10. The molecule has 0 amide bonds. The van der Waals surface area contributed by atoms with E-state index in [4.69, 9.17) is 4.52 Å². The average Bonchev–Trinajstić information content (AvgIpc) is 2.75. The Hall–Kier alpha value is -2.43. The van der Waals surface area contributed by atoms with Crippen molar-refractivity contribution in [1.82, 2.24) is 15.1 Å². The van der Waals surface area contributed by atoms with Crippen molar-refractivity contribution in [2.75, 3.05) is 0 Å². The number of H-pyrrole nitrogens is 1. The van der Waals surface area contributed by atoms with E-state index in [1.165, 1.54) is 6.33 Å². The molecule has 84 valence electrons. The number of aryl methyl sites for hydroxylation is 1. The van der Waals surface area contributed by atoms with Crippen LogP contribution in [0.25, 0.3) is 22.4 Å². The van der Waals surface area contributed by atoms with Gasteiger partial charge in [0.1, 0.15) is 11.1 Å². The minimum Gasteiger partial charge on any atom is -0.335 e. The highest BCUT2D eigenvalue weighted by molar-refractivity contribution is 5.89. The highest BCUT2D eigenvalue weighted by Gasteiger charge is 2.15. The van der Waals surface area contributed by atoms with Crippen molar-refractivity contribution in [3.8, 4) is 11.3 Å². The number of aromatic amines is 1. The number of benzene rings is 1. The summed E-state index contributed by atoms with van der Waals surface area (Å²) in [5.74, 6) is 0. The minimum atomic E-state index is -0.241. The van der Waals surface area contributed by atoms with Crippen molar-refractivity contribution in [1.29, 1.82) is 0 Å². The van der Waals surface area contributed by atoms with Gasteiger partial charge in [-0.3, -0.25) is 4.79 Å². The molecule has 0 unspecified atom stereocenters. The van der Waals surface area contributed by atoms with Gasteiger partial charge >= 0.3 is 0 Å². The molecule has 0 fully saturated rings. The van der Waals surface area contributed by atoms with Crippen molar-refractivity contribution in [2.24, 2.45) is 0 Å². The fraction of sp³-hybridized carbons (Fsp3) is 0.0833. The maximum absolute atomic E-state index is 11.7. The Bertz CT molecular complexity index is 743. The first-order valence-corrected chi connectivity index (χ1v) is 5.16. The van der Waals surface area contributed by atoms with Gasteiger partial charge in [-0.25, -0.2) is 4.98 Å². The fourth-order valence-corrected chi connectivity index (χ4v) is 1.82. The molecule has 3 aromatic rings. The minimum absolute atomic E-state index is 0.241. The molecule has 0 saturated heterocycles. The Morgan fingerprint density at radius 1 is 1.29 bits per heavy atom. The summed E-state index contributed by atoms with van der Waals surface area (Å²) in [6, 6.07) is 7.69. The van der Waals surface area contributed by atoms with Gasteiger partial charge in [-0.05, 0) is 12.5 Å². The van der Waals surface area contributed by atoms with Crippen LogP contribution in [-0.2, 0) is 0 Å². The molecule has 0 saturated carbocycles. The normalized spacial score (nSPS) is 10.9. The third-order valence-electron chi connectivity index (χ3n) is 2.68. The molecule has 2 heterocycles. The summed E-state index contributed by atoms with van der Waals surface area (Å²) in [6.45, 7) is 1.96. The van der Waals surface area contributed by atoms with Crippen LogP contribution in [0.5, 0.6) is 0 Å². The number of hydrogen-bond donors (Lipinski definition) is 1. The van der Waals surface area contributed by atoms with E-state index in [-0.39, 0.29) is 11.3 Å². The number of fused-ring (bicyclic) bond motifs is 1. The molecular weight excluding hydrogens is 218 g/mol. The fourth-order valence-electron chi connectivity index (χ4n) is 1.82. The third kappa shape index (κ3) is 1.44. The van der Waals surface area contributed by atoms with Crippen molar-refractivity contribution in [3.05, 3.63) is 46.5 Å². The van der Waals surface area contributed by atoms with Gasteiger partial charge in [0.15, 0.2) is 0 Å². The summed E-state index contributed by atoms with van der Waals surface area (Å²) >= 11 is 0. The second-order valence-electron chi connectivity index (χ2n) is 3.76. The first-order valence-electron chi connectivity index (χ1n) is 5.16. The Morgan fingerprint density at radius 3 is 2.94 bits per heavy atom. The van der Waals surface area contributed by atoms with Crippen LogP contribution in [0.15, 0.2) is 39.9 Å². The predicted octanol–water partition coefficient (Wildman–Crippen LogP) is 1.89. The largest absolute Gasteiger partial charge is 0.335 e. The summed E-state index contributed by atoms with van der Waals surface area (Å²) in [5, 5.41) is 4.32. The number of hydrogen-bond acceptors (Lipinski definition) is 4. The summed E-state index contributed by atoms with van der Waals surface area (Å²) in [5.41, 5.74) is 2.46. The highest BCUT2D eigenvalue weighted by atomic mass is 16.5. The van der Waals surface area contributed by atoms with Crippen LogP contribution in [0.4, 0.5) is 0 Å². The molecule has 1 N–H and O–H groups in total. The lowest BCUT2D eigenvalue weighted by molar-refractivity contribution is 0.451. The molecule has 3 rings (SSSR count). The van der Waals surface area contributed by atoms with Gasteiger partial charge in [0.25, 0.3) is 11.3 Å². The Kier molecular flexibility index (Phi) is 2.04. The van der Waals surface area contributed by atoms with Crippen molar-refractivity contribution in [3.63, 3.8) is 0 Å². The van der Waals surface area contributed by atoms with Crippen LogP contribution < -0.4 is 5.56 Å². The van der Waals surface area contributed by atoms with Crippen LogP contribution in [0.1, 0.15) is 5.56 Å². The van der Waals surface area contributed by atoms with Gasteiger partial charge in [0.2, 0.25) is 0 Å². The Morgan fingerprint density at radius 2 is 2.12 bits per heavy atom. The predicted molar refractivity (Wildman–Crippen MR) is 62.6 cm³/mol. The molecule has 5 heteroatoms. The molecule has 5 nitrogen and oxygen atoms in total. The molecule has 0 aliphatic rings. The van der Waals surface area contributed by atoms with Crippen LogP contribution in [0.2, 0.25) is 0 Å². The summed E-state index contributed by atoms with van der Waals surface area (Å²) < 4.78 is 5.06. The first-order chi connectivity index (χ1) is 8.27. The molecule has 0 bridgehead atoms. The molecule has 0 aliphatic carbocycles. The van der Waals surface area contributed by atoms with Gasteiger partial charge in [-0.1, -0.05) is 29.4 Å². The smallest absolute Gasteiger partial charge is 0.265 e. The van der Waals surface area contributed by atoms with Gasteiger partial charge in [0.05, 0.1) is 6.33 Å². The van der Waals surface area contributed by atoms with E-state index in [0.717, 1.165) is 11.1 Å². The van der Waals surface area contributed by atoms with Crippen LogP contribution >= 0.6 is 0 Å². The van der Waals surface area contributed by atoms with E-state index in [0.29, 0.717) is 11.1 Å². The maximum Gasteiger partial charge on any atom is 0.265 e. The Labute approximate surface area is 96.1 Å². The summed E-state index contributed by atoms with van der Waals surface area (Å²) in [6.07, 6.45) is 1.30. The van der Waals surface area contributed by atoms with E-state index in [9.17, 15) is 4.79 Å². The first kappa shape index (κ1) is 9.77. The lowest BCUT2D eigenvalue weighted by Gasteiger charge is -2.00. The molecule has 17 heavy (non-hydrogen) atoms. The van der Waals surface area contributed by atoms with Crippen molar-refractivity contribution < 1.29 is 4.52 Å². The second kappa shape index (κ2) is 3.55. The molecule has 0 aliphatic heterocycles. The maximum atomic E-state index is 11.7.